The first kappa shape index (κ1) is 11.3. The topological polar surface area (TPSA) is 12.0 Å². The first-order valence-corrected chi connectivity index (χ1v) is 5.94. The Hall–Kier alpha value is 0.310. The number of hydrogen-bond acceptors (Lipinski definition) is 2. The summed E-state index contributed by atoms with van der Waals surface area (Å²) >= 11 is 1.96. The van der Waals surface area contributed by atoms with Gasteiger partial charge in [-0.3, -0.25) is 0 Å². The lowest BCUT2D eigenvalue weighted by molar-refractivity contribution is 0.612. The van der Waals surface area contributed by atoms with Crippen LogP contribution in [0.1, 0.15) is 32.1 Å². The quantitative estimate of drug-likeness (QED) is 0.569. The normalized spacial score (nSPS) is 10.4. The third kappa shape index (κ3) is 10.3. The summed E-state index contributed by atoms with van der Waals surface area (Å²) in [6.07, 6.45) is 9.17. The molecule has 0 fully saturated rings. The third-order valence-corrected chi connectivity index (χ3v) is 2.47. The molecule has 0 spiro atoms. The van der Waals surface area contributed by atoms with Crippen LogP contribution in [0.4, 0.5) is 0 Å². The minimum absolute atomic E-state index is 1.18. The number of thioether (sulfide) groups is 1. The van der Waals surface area contributed by atoms with Crippen LogP contribution >= 0.6 is 11.8 Å². The molecule has 0 amide bonds. The van der Waals surface area contributed by atoms with Crippen LogP contribution in [0.2, 0.25) is 0 Å². The van der Waals surface area contributed by atoms with Crippen LogP contribution in [0.3, 0.4) is 0 Å². The SMILES string of the molecule is CNCCCCCCCSC. The molecule has 1 N–H and O–H groups in total. The lowest BCUT2D eigenvalue weighted by Crippen LogP contribution is -2.06. The molecule has 0 aromatic heterocycles. The summed E-state index contributed by atoms with van der Waals surface area (Å²) < 4.78 is 0. The van der Waals surface area contributed by atoms with E-state index in [0.29, 0.717) is 0 Å². The van der Waals surface area contributed by atoms with Crippen LogP contribution < -0.4 is 5.32 Å². The molecule has 0 aliphatic carbocycles. The van der Waals surface area contributed by atoms with Gasteiger partial charge in [-0.05, 0) is 38.4 Å². The van der Waals surface area contributed by atoms with E-state index in [-0.39, 0.29) is 0 Å². The standard InChI is InChI=1S/C9H21NS/c1-10-8-6-4-3-5-7-9-11-2/h10H,3-9H2,1-2H3. The Balaban J connectivity index is 2.69. The molecule has 0 heterocycles. The molecule has 0 radical (unpaired) electrons. The van der Waals surface area contributed by atoms with Gasteiger partial charge < -0.3 is 5.32 Å². The van der Waals surface area contributed by atoms with Gasteiger partial charge >= 0.3 is 0 Å². The molecule has 0 aromatic rings. The van der Waals surface area contributed by atoms with E-state index in [1.807, 2.05) is 18.8 Å². The molecule has 11 heavy (non-hydrogen) atoms. The molecule has 0 atom stereocenters. The number of rotatable bonds is 8. The first-order valence-electron chi connectivity index (χ1n) is 4.55. The second-order valence-electron chi connectivity index (χ2n) is 2.86. The fourth-order valence-corrected chi connectivity index (χ4v) is 1.57. The van der Waals surface area contributed by atoms with Crippen molar-refractivity contribution in [2.45, 2.75) is 32.1 Å². The highest BCUT2D eigenvalue weighted by Gasteiger charge is 1.88. The minimum atomic E-state index is 1.18. The van der Waals surface area contributed by atoms with Crippen molar-refractivity contribution < 1.29 is 0 Å². The second kappa shape index (κ2) is 10.3. The summed E-state index contributed by atoms with van der Waals surface area (Å²) in [6.45, 7) is 1.18. The van der Waals surface area contributed by atoms with Crippen molar-refractivity contribution in [3.05, 3.63) is 0 Å². The second-order valence-corrected chi connectivity index (χ2v) is 3.85. The average Bonchev–Trinajstić information content (AvgIpc) is 2.03. The lowest BCUT2D eigenvalue weighted by atomic mass is 10.1. The molecule has 0 saturated heterocycles. The van der Waals surface area contributed by atoms with Crippen LogP contribution in [-0.4, -0.2) is 25.6 Å². The van der Waals surface area contributed by atoms with Gasteiger partial charge in [0.05, 0.1) is 0 Å². The Bertz CT molecular complexity index is 58.6. The van der Waals surface area contributed by atoms with Gasteiger partial charge in [-0.15, -0.1) is 0 Å². The van der Waals surface area contributed by atoms with Crippen molar-refractivity contribution in [3.63, 3.8) is 0 Å². The van der Waals surface area contributed by atoms with E-state index in [4.69, 9.17) is 0 Å². The number of hydrogen-bond donors (Lipinski definition) is 1. The fraction of sp³-hybridized carbons (Fsp3) is 1.00. The predicted molar refractivity (Wildman–Crippen MR) is 55.4 cm³/mol. The zero-order valence-electron chi connectivity index (χ0n) is 7.86. The Morgan fingerprint density at radius 2 is 1.64 bits per heavy atom. The van der Waals surface area contributed by atoms with Crippen molar-refractivity contribution in [1.29, 1.82) is 0 Å². The van der Waals surface area contributed by atoms with Gasteiger partial charge in [-0.1, -0.05) is 19.3 Å². The number of unbranched alkanes of at least 4 members (excludes halogenated alkanes) is 4. The van der Waals surface area contributed by atoms with Crippen LogP contribution in [0.15, 0.2) is 0 Å². The molecule has 0 unspecified atom stereocenters. The Kier molecular flexibility index (Phi) is 10.6. The van der Waals surface area contributed by atoms with Gasteiger partial charge in [0.2, 0.25) is 0 Å². The van der Waals surface area contributed by atoms with Crippen molar-refractivity contribution in [2.24, 2.45) is 0 Å². The van der Waals surface area contributed by atoms with Crippen molar-refractivity contribution >= 4 is 11.8 Å². The lowest BCUT2D eigenvalue weighted by Gasteiger charge is -1.99. The zero-order chi connectivity index (χ0) is 8.36. The molecule has 0 aliphatic heterocycles. The largest absolute Gasteiger partial charge is 0.320 e. The molecule has 1 nitrogen and oxygen atoms in total. The van der Waals surface area contributed by atoms with E-state index >= 15 is 0 Å². The highest BCUT2D eigenvalue weighted by molar-refractivity contribution is 7.98. The molecule has 0 aliphatic rings. The summed E-state index contributed by atoms with van der Waals surface area (Å²) in [5, 5.41) is 3.17. The fourth-order valence-electron chi connectivity index (χ4n) is 1.08. The van der Waals surface area contributed by atoms with E-state index in [0.717, 1.165) is 0 Å². The van der Waals surface area contributed by atoms with E-state index in [9.17, 15) is 0 Å². The van der Waals surface area contributed by atoms with Gasteiger partial charge in [-0.25, -0.2) is 0 Å². The molecule has 0 aromatic carbocycles. The van der Waals surface area contributed by atoms with Gasteiger partial charge in [0.25, 0.3) is 0 Å². The smallest absolute Gasteiger partial charge is 0.00519 e. The van der Waals surface area contributed by atoms with Crippen LogP contribution in [0.5, 0.6) is 0 Å². The van der Waals surface area contributed by atoms with E-state index < -0.39 is 0 Å². The summed E-state index contributed by atoms with van der Waals surface area (Å²) in [5.74, 6) is 1.34. The molecular weight excluding hydrogens is 154 g/mol. The zero-order valence-corrected chi connectivity index (χ0v) is 8.67. The highest BCUT2D eigenvalue weighted by atomic mass is 32.2. The molecule has 2 heteroatoms. The maximum absolute atomic E-state index is 3.17. The van der Waals surface area contributed by atoms with Crippen LogP contribution in [0.25, 0.3) is 0 Å². The Morgan fingerprint density at radius 1 is 1.00 bits per heavy atom. The third-order valence-electron chi connectivity index (χ3n) is 1.78. The van der Waals surface area contributed by atoms with Crippen molar-refractivity contribution in [3.8, 4) is 0 Å². The van der Waals surface area contributed by atoms with E-state index in [2.05, 4.69) is 11.6 Å². The van der Waals surface area contributed by atoms with Gasteiger partial charge in [0, 0.05) is 0 Å². The Labute approximate surface area is 75.3 Å². The maximum atomic E-state index is 3.17. The summed E-state index contributed by atoms with van der Waals surface area (Å²) in [5.41, 5.74) is 0. The summed E-state index contributed by atoms with van der Waals surface area (Å²) in [6, 6.07) is 0. The highest BCUT2D eigenvalue weighted by Crippen LogP contribution is 2.05. The van der Waals surface area contributed by atoms with Gasteiger partial charge in [-0.2, -0.15) is 11.8 Å². The molecule has 0 bridgehead atoms. The number of nitrogens with one attached hydrogen (secondary N) is 1. The van der Waals surface area contributed by atoms with Gasteiger partial charge in [0.15, 0.2) is 0 Å². The molecule has 68 valence electrons. The minimum Gasteiger partial charge on any atom is -0.320 e. The Morgan fingerprint density at radius 3 is 2.27 bits per heavy atom. The van der Waals surface area contributed by atoms with Crippen LogP contribution in [0, 0.1) is 0 Å². The van der Waals surface area contributed by atoms with E-state index in [1.54, 1.807) is 0 Å². The summed E-state index contributed by atoms with van der Waals surface area (Å²) in [7, 11) is 2.02. The maximum Gasteiger partial charge on any atom is -0.00519 e. The van der Waals surface area contributed by atoms with E-state index in [1.165, 1.54) is 44.4 Å². The van der Waals surface area contributed by atoms with Crippen molar-refractivity contribution in [1.82, 2.24) is 5.32 Å². The average molecular weight is 175 g/mol. The summed E-state index contributed by atoms with van der Waals surface area (Å²) in [4.78, 5) is 0. The monoisotopic (exact) mass is 175 g/mol. The first-order chi connectivity index (χ1) is 5.41. The van der Waals surface area contributed by atoms with Crippen molar-refractivity contribution in [2.75, 3.05) is 25.6 Å². The predicted octanol–water partition coefficient (Wildman–Crippen LogP) is 2.52. The molecule has 0 rings (SSSR count). The van der Waals surface area contributed by atoms with Gasteiger partial charge in [0.1, 0.15) is 0 Å². The molecule has 0 saturated carbocycles. The van der Waals surface area contributed by atoms with Crippen LogP contribution in [-0.2, 0) is 0 Å². The molecular formula is C9H21NS.